The van der Waals surface area contributed by atoms with Crippen LogP contribution in [0.15, 0.2) is 4.52 Å². The summed E-state index contributed by atoms with van der Waals surface area (Å²) in [5.41, 5.74) is 0. The lowest BCUT2D eigenvalue weighted by atomic mass is 10.0. The summed E-state index contributed by atoms with van der Waals surface area (Å²) >= 11 is 0. The van der Waals surface area contributed by atoms with Crippen LogP contribution in [0.25, 0.3) is 0 Å². The van der Waals surface area contributed by atoms with Crippen molar-refractivity contribution in [3.63, 3.8) is 0 Å². The van der Waals surface area contributed by atoms with Gasteiger partial charge in [-0.2, -0.15) is 4.98 Å². The van der Waals surface area contributed by atoms with Gasteiger partial charge < -0.3 is 9.63 Å². The molecular formula is C12H20N2O2. The number of nitrogens with zero attached hydrogens (tertiary/aromatic N) is 2. The van der Waals surface area contributed by atoms with Crippen molar-refractivity contribution >= 4 is 0 Å². The zero-order chi connectivity index (χ0) is 11.7. The van der Waals surface area contributed by atoms with E-state index < -0.39 is 0 Å². The molecule has 0 saturated heterocycles. The molecule has 0 aliphatic heterocycles. The van der Waals surface area contributed by atoms with E-state index >= 15 is 0 Å². The molecule has 3 atom stereocenters. The van der Waals surface area contributed by atoms with E-state index in [0.29, 0.717) is 30.1 Å². The van der Waals surface area contributed by atoms with E-state index in [1.54, 1.807) is 0 Å². The first-order valence-corrected chi connectivity index (χ1v) is 6.06. The van der Waals surface area contributed by atoms with Crippen molar-refractivity contribution in [3.05, 3.63) is 11.7 Å². The molecule has 4 heteroatoms. The Morgan fingerprint density at radius 1 is 1.50 bits per heavy atom. The van der Waals surface area contributed by atoms with Crippen LogP contribution in [0.3, 0.4) is 0 Å². The van der Waals surface area contributed by atoms with E-state index in [1.807, 2.05) is 0 Å². The monoisotopic (exact) mass is 224 g/mol. The van der Waals surface area contributed by atoms with Crippen LogP contribution >= 0.6 is 0 Å². The molecule has 1 aliphatic rings. The van der Waals surface area contributed by atoms with Crippen molar-refractivity contribution in [2.45, 2.75) is 52.1 Å². The Morgan fingerprint density at radius 3 is 2.75 bits per heavy atom. The second-order valence-corrected chi connectivity index (χ2v) is 5.35. The van der Waals surface area contributed by atoms with Crippen LogP contribution in [-0.4, -0.2) is 21.4 Å². The van der Waals surface area contributed by atoms with E-state index in [9.17, 15) is 5.11 Å². The molecule has 1 N–H and O–H groups in total. The largest absolute Gasteiger partial charge is 0.393 e. The Labute approximate surface area is 96.1 Å². The molecule has 1 aromatic heterocycles. The quantitative estimate of drug-likeness (QED) is 0.832. The molecule has 0 radical (unpaired) electrons. The van der Waals surface area contributed by atoms with Gasteiger partial charge in [0.2, 0.25) is 5.89 Å². The van der Waals surface area contributed by atoms with Gasteiger partial charge in [0.25, 0.3) is 0 Å². The summed E-state index contributed by atoms with van der Waals surface area (Å²) in [5, 5.41) is 13.7. The first kappa shape index (κ1) is 11.6. The first-order chi connectivity index (χ1) is 7.56. The highest BCUT2D eigenvalue weighted by Gasteiger charge is 2.38. The second-order valence-electron chi connectivity index (χ2n) is 5.35. The van der Waals surface area contributed by atoms with Crippen molar-refractivity contribution in [2.75, 3.05) is 0 Å². The van der Waals surface area contributed by atoms with Gasteiger partial charge in [-0.05, 0) is 24.7 Å². The highest BCUT2D eigenvalue weighted by atomic mass is 16.5. The first-order valence-electron chi connectivity index (χ1n) is 6.06. The second kappa shape index (κ2) is 4.53. The van der Waals surface area contributed by atoms with Gasteiger partial charge in [-0.3, -0.25) is 0 Å². The van der Waals surface area contributed by atoms with Gasteiger partial charge in [0.05, 0.1) is 12.5 Å². The fraction of sp³-hybridized carbons (Fsp3) is 0.833. The lowest BCUT2D eigenvalue weighted by Gasteiger charge is -2.09. The van der Waals surface area contributed by atoms with Crippen molar-refractivity contribution < 1.29 is 9.63 Å². The van der Waals surface area contributed by atoms with E-state index in [0.717, 1.165) is 18.7 Å². The summed E-state index contributed by atoms with van der Waals surface area (Å²) in [6, 6.07) is 0. The van der Waals surface area contributed by atoms with Crippen LogP contribution in [0.2, 0.25) is 0 Å². The third-order valence-electron chi connectivity index (χ3n) is 3.08. The van der Waals surface area contributed by atoms with Gasteiger partial charge in [0.15, 0.2) is 5.82 Å². The fourth-order valence-corrected chi connectivity index (χ4v) is 2.01. The Kier molecular flexibility index (Phi) is 3.28. The molecule has 4 nitrogen and oxygen atoms in total. The Bertz CT molecular complexity index is 349. The average Bonchev–Trinajstić information content (AvgIpc) is 2.73. The lowest BCUT2D eigenvalue weighted by Crippen LogP contribution is -2.13. The van der Waals surface area contributed by atoms with Crippen LogP contribution in [-0.2, 0) is 6.42 Å². The summed E-state index contributed by atoms with van der Waals surface area (Å²) in [7, 11) is 0. The van der Waals surface area contributed by atoms with Crippen molar-refractivity contribution in [3.8, 4) is 0 Å². The number of hydrogen-bond acceptors (Lipinski definition) is 4. The highest BCUT2D eigenvalue weighted by molar-refractivity contribution is 5.07. The minimum absolute atomic E-state index is 0.370. The van der Waals surface area contributed by atoms with Crippen LogP contribution in [0.1, 0.15) is 51.2 Å². The Hall–Kier alpha value is -0.900. The maximum Gasteiger partial charge on any atom is 0.229 e. The van der Waals surface area contributed by atoms with E-state index in [-0.39, 0.29) is 6.10 Å². The van der Waals surface area contributed by atoms with Gasteiger partial charge in [-0.15, -0.1) is 0 Å². The fourth-order valence-electron chi connectivity index (χ4n) is 2.01. The summed E-state index contributed by atoms with van der Waals surface area (Å²) in [6.45, 7) is 6.37. The molecule has 1 saturated carbocycles. The number of hydrogen-bond donors (Lipinski definition) is 1. The zero-order valence-corrected chi connectivity index (χ0v) is 10.2. The van der Waals surface area contributed by atoms with Crippen molar-refractivity contribution in [2.24, 2.45) is 11.8 Å². The molecule has 1 aromatic rings. The van der Waals surface area contributed by atoms with Gasteiger partial charge in [-0.1, -0.05) is 25.9 Å². The Balaban J connectivity index is 1.87. The highest BCUT2D eigenvalue weighted by Crippen LogP contribution is 2.45. The zero-order valence-electron chi connectivity index (χ0n) is 10.2. The van der Waals surface area contributed by atoms with Gasteiger partial charge >= 0.3 is 0 Å². The van der Waals surface area contributed by atoms with Gasteiger partial charge in [-0.25, -0.2) is 0 Å². The molecule has 3 unspecified atom stereocenters. The number of rotatable bonds is 5. The number of aromatic nitrogens is 2. The minimum Gasteiger partial charge on any atom is -0.393 e. The summed E-state index contributed by atoms with van der Waals surface area (Å²) in [5.74, 6) is 3.05. The van der Waals surface area contributed by atoms with Crippen LogP contribution in [0, 0.1) is 11.8 Å². The van der Waals surface area contributed by atoms with Crippen molar-refractivity contribution in [1.29, 1.82) is 0 Å². The van der Waals surface area contributed by atoms with Gasteiger partial charge in [0, 0.05) is 5.92 Å². The summed E-state index contributed by atoms with van der Waals surface area (Å²) in [6.07, 6.45) is 2.04. The smallest absolute Gasteiger partial charge is 0.229 e. The lowest BCUT2D eigenvalue weighted by molar-refractivity contribution is 0.138. The molecule has 1 aliphatic carbocycles. The van der Waals surface area contributed by atoms with Crippen LogP contribution in [0.5, 0.6) is 0 Å². The topological polar surface area (TPSA) is 59.2 Å². The standard InChI is InChI=1S/C12H20N2O2/c1-7(2)4-9(15)6-11-13-12(14-16-11)10-5-8(10)3/h7-10,15H,4-6H2,1-3H3. The maximum atomic E-state index is 9.76. The molecule has 1 heterocycles. The molecule has 0 spiro atoms. The minimum atomic E-state index is -0.370. The molecule has 90 valence electrons. The normalized spacial score (nSPS) is 26.1. The predicted octanol–water partition coefficient (Wildman–Crippen LogP) is 2.14. The van der Waals surface area contributed by atoms with Crippen LogP contribution < -0.4 is 0 Å². The molecule has 1 fully saturated rings. The molecule has 0 aromatic carbocycles. The third-order valence-corrected chi connectivity index (χ3v) is 3.08. The molecule has 2 rings (SSSR count). The SMILES string of the molecule is CC(C)CC(O)Cc1nc(C2CC2C)no1. The maximum absolute atomic E-state index is 9.76. The van der Waals surface area contributed by atoms with E-state index in [1.165, 1.54) is 0 Å². The van der Waals surface area contributed by atoms with E-state index in [4.69, 9.17) is 4.52 Å². The van der Waals surface area contributed by atoms with E-state index in [2.05, 4.69) is 30.9 Å². The van der Waals surface area contributed by atoms with Crippen LogP contribution in [0.4, 0.5) is 0 Å². The number of aliphatic hydroxyl groups is 1. The predicted molar refractivity (Wildman–Crippen MR) is 60.0 cm³/mol. The van der Waals surface area contributed by atoms with Gasteiger partial charge in [0.1, 0.15) is 0 Å². The number of aliphatic hydroxyl groups excluding tert-OH is 1. The molecular weight excluding hydrogens is 204 g/mol. The molecule has 16 heavy (non-hydrogen) atoms. The Morgan fingerprint density at radius 2 is 2.19 bits per heavy atom. The summed E-state index contributed by atoms with van der Waals surface area (Å²) < 4.78 is 5.15. The average molecular weight is 224 g/mol. The molecule has 0 bridgehead atoms. The summed E-state index contributed by atoms with van der Waals surface area (Å²) in [4.78, 5) is 4.33. The molecule has 0 amide bonds. The van der Waals surface area contributed by atoms with Crippen molar-refractivity contribution in [1.82, 2.24) is 10.1 Å². The third kappa shape index (κ3) is 2.82.